The van der Waals surface area contributed by atoms with E-state index >= 15 is 0 Å². The molecule has 0 bridgehead atoms. The van der Waals surface area contributed by atoms with Crippen molar-refractivity contribution < 1.29 is 13.2 Å². The number of carbonyl (C=O) groups excluding carboxylic acids is 1. The maximum Gasteiger partial charge on any atom is 0.223 e. The topological polar surface area (TPSA) is 63.2 Å². The molecule has 1 aromatic rings. The van der Waals surface area contributed by atoms with Gasteiger partial charge in [-0.2, -0.15) is 0 Å². The quantitative estimate of drug-likeness (QED) is 0.898. The van der Waals surface area contributed by atoms with Crippen molar-refractivity contribution >= 4 is 27.3 Å². The first kappa shape index (κ1) is 14.3. The molecule has 104 valence electrons. The van der Waals surface area contributed by atoms with Crippen LogP contribution in [-0.2, 0) is 14.6 Å². The molecule has 1 N–H and O–H groups in total. The zero-order valence-corrected chi connectivity index (χ0v) is 12.2. The smallest absolute Gasteiger partial charge is 0.223 e. The van der Waals surface area contributed by atoms with E-state index in [-0.39, 0.29) is 30.0 Å². The predicted octanol–water partition coefficient (Wildman–Crippen LogP) is 1.60. The zero-order chi connectivity index (χ0) is 14.0. The Balaban J connectivity index is 1.82. The summed E-state index contributed by atoms with van der Waals surface area (Å²) in [5.41, 5.74) is 1.10. The number of halogens is 1. The minimum Gasteiger partial charge on any atom is -0.355 e. The van der Waals surface area contributed by atoms with Crippen LogP contribution in [0.4, 0.5) is 0 Å². The first-order valence-electron chi connectivity index (χ1n) is 6.08. The molecule has 4 nitrogen and oxygen atoms in total. The van der Waals surface area contributed by atoms with Crippen LogP contribution in [0.1, 0.15) is 17.9 Å². The molecule has 2 atom stereocenters. The summed E-state index contributed by atoms with van der Waals surface area (Å²) in [6, 6.07) is 7.48. The van der Waals surface area contributed by atoms with Crippen molar-refractivity contribution in [3.63, 3.8) is 0 Å². The van der Waals surface area contributed by atoms with Crippen molar-refractivity contribution in [2.24, 2.45) is 5.92 Å². The number of sulfone groups is 1. The summed E-state index contributed by atoms with van der Waals surface area (Å²) in [7, 11) is -3.02. The maximum atomic E-state index is 11.8. The van der Waals surface area contributed by atoms with Crippen molar-refractivity contribution in [3.8, 4) is 0 Å². The van der Waals surface area contributed by atoms with Gasteiger partial charge in [0, 0.05) is 23.7 Å². The molecule has 6 heteroatoms. The Hall–Kier alpha value is -1.07. The highest BCUT2D eigenvalue weighted by atomic mass is 35.5. The summed E-state index contributed by atoms with van der Waals surface area (Å²) in [6.45, 7) is 0.182. The lowest BCUT2D eigenvalue weighted by Gasteiger charge is -2.04. The Morgan fingerprint density at radius 1 is 1.37 bits per heavy atom. The van der Waals surface area contributed by atoms with Gasteiger partial charge in [-0.1, -0.05) is 23.7 Å². The number of hydrogen-bond donors (Lipinski definition) is 1. The van der Waals surface area contributed by atoms with Gasteiger partial charge >= 0.3 is 0 Å². The van der Waals surface area contributed by atoms with Gasteiger partial charge in [-0.3, -0.25) is 4.79 Å². The molecule has 0 radical (unpaired) electrons. The van der Waals surface area contributed by atoms with Crippen molar-refractivity contribution in [2.45, 2.75) is 12.3 Å². The van der Waals surface area contributed by atoms with Crippen LogP contribution < -0.4 is 5.32 Å². The van der Waals surface area contributed by atoms with Crippen LogP contribution in [0.5, 0.6) is 0 Å². The molecule has 19 heavy (non-hydrogen) atoms. The minimum absolute atomic E-state index is 0.0168. The van der Waals surface area contributed by atoms with Crippen LogP contribution >= 0.6 is 11.6 Å². The minimum atomic E-state index is -3.02. The fourth-order valence-electron chi connectivity index (χ4n) is 2.05. The van der Waals surface area contributed by atoms with Crippen LogP contribution in [0, 0.1) is 5.92 Å². The first-order chi connectivity index (χ1) is 8.87. The number of rotatable bonds is 5. The number of nitrogens with one attached hydrogen (secondary N) is 1. The summed E-state index contributed by atoms with van der Waals surface area (Å²) in [5.74, 6) is 0.108. The number of amides is 1. The van der Waals surface area contributed by atoms with E-state index in [1.807, 2.05) is 24.3 Å². The molecule has 1 saturated carbocycles. The van der Waals surface area contributed by atoms with Crippen molar-refractivity contribution in [1.29, 1.82) is 0 Å². The summed E-state index contributed by atoms with van der Waals surface area (Å²) >= 11 is 5.81. The molecule has 2 unspecified atom stereocenters. The monoisotopic (exact) mass is 301 g/mol. The Labute approximate surface area is 118 Å². The second-order valence-corrected chi connectivity index (χ2v) is 7.62. The Bertz CT molecular complexity index is 568. The lowest BCUT2D eigenvalue weighted by molar-refractivity contribution is -0.122. The molecular weight excluding hydrogens is 286 g/mol. The number of carbonyl (C=O) groups is 1. The van der Waals surface area contributed by atoms with Gasteiger partial charge in [-0.15, -0.1) is 0 Å². The third kappa shape index (κ3) is 4.21. The fraction of sp³-hybridized carbons (Fsp3) is 0.462. The highest BCUT2D eigenvalue weighted by Crippen LogP contribution is 2.47. The molecule has 1 amide bonds. The van der Waals surface area contributed by atoms with Crippen molar-refractivity contribution in [2.75, 3.05) is 18.6 Å². The van der Waals surface area contributed by atoms with E-state index in [0.717, 1.165) is 18.2 Å². The van der Waals surface area contributed by atoms with E-state index in [0.29, 0.717) is 5.02 Å². The van der Waals surface area contributed by atoms with Crippen LogP contribution in [0.3, 0.4) is 0 Å². The highest BCUT2D eigenvalue weighted by molar-refractivity contribution is 7.90. The molecule has 0 aliphatic heterocycles. The van der Waals surface area contributed by atoms with Gasteiger partial charge in [-0.25, -0.2) is 8.42 Å². The predicted molar refractivity (Wildman–Crippen MR) is 75.0 cm³/mol. The summed E-state index contributed by atoms with van der Waals surface area (Å²) in [6.07, 6.45) is 1.97. The molecular formula is C13H16ClNO3S. The highest BCUT2D eigenvalue weighted by Gasteiger charge is 2.43. The maximum absolute atomic E-state index is 11.8. The van der Waals surface area contributed by atoms with Crippen LogP contribution in [0.15, 0.2) is 24.3 Å². The van der Waals surface area contributed by atoms with Gasteiger partial charge in [0.05, 0.1) is 5.75 Å². The van der Waals surface area contributed by atoms with Gasteiger partial charge in [-0.05, 0) is 30.0 Å². The van der Waals surface area contributed by atoms with E-state index in [9.17, 15) is 13.2 Å². The third-order valence-electron chi connectivity index (χ3n) is 3.20. The summed E-state index contributed by atoms with van der Waals surface area (Å²) < 4.78 is 21.9. The van der Waals surface area contributed by atoms with E-state index in [1.54, 1.807) is 0 Å². The lowest BCUT2D eigenvalue weighted by atomic mass is 10.1. The average molecular weight is 302 g/mol. The molecule has 1 fully saturated rings. The third-order valence-corrected chi connectivity index (χ3v) is 4.40. The van der Waals surface area contributed by atoms with Gasteiger partial charge in [0.25, 0.3) is 0 Å². The average Bonchev–Trinajstić information content (AvgIpc) is 3.08. The van der Waals surface area contributed by atoms with E-state index in [4.69, 9.17) is 11.6 Å². The SMILES string of the molecule is CS(=O)(=O)CCNC(=O)C1CC1c1ccc(Cl)cc1. The van der Waals surface area contributed by atoms with Gasteiger partial charge in [0.15, 0.2) is 0 Å². The lowest BCUT2D eigenvalue weighted by Crippen LogP contribution is -2.30. The number of hydrogen-bond acceptors (Lipinski definition) is 3. The Kier molecular flexibility index (Phi) is 4.16. The second-order valence-electron chi connectivity index (χ2n) is 4.92. The molecule has 1 aromatic carbocycles. The summed E-state index contributed by atoms with van der Waals surface area (Å²) in [5, 5.41) is 3.35. The van der Waals surface area contributed by atoms with Crippen LogP contribution in [-0.4, -0.2) is 32.9 Å². The van der Waals surface area contributed by atoms with Gasteiger partial charge in [0.1, 0.15) is 9.84 Å². The molecule has 1 aliphatic rings. The Morgan fingerprint density at radius 2 is 2.00 bits per heavy atom. The van der Waals surface area contributed by atoms with Crippen molar-refractivity contribution in [1.82, 2.24) is 5.32 Å². The molecule has 0 saturated heterocycles. The van der Waals surface area contributed by atoms with Gasteiger partial charge < -0.3 is 5.32 Å². The van der Waals surface area contributed by atoms with E-state index < -0.39 is 9.84 Å². The molecule has 0 aromatic heterocycles. The van der Waals surface area contributed by atoms with Gasteiger partial charge in [0.2, 0.25) is 5.91 Å². The second kappa shape index (κ2) is 5.51. The standard InChI is InChI=1S/C13H16ClNO3S/c1-19(17,18)7-6-15-13(16)12-8-11(12)9-2-4-10(14)5-3-9/h2-5,11-12H,6-8H2,1H3,(H,15,16). The number of benzene rings is 1. The molecule has 0 heterocycles. The summed E-state index contributed by atoms with van der Waals surface area (Å²) in [4.78, 5) is 11.8. The van der Waals surface area contributed by atoms with E-state index in [1.165, 1.54) is 0 Å². The zero-order valence-electron chi connectivity index (χ0n) is 10.6. The van der Waals surface area contributed by atoms with Crippen LogP contribution in [0.2, 0.25) is 5.02 Å². The first-order valence-corrected chi connectivity index (χ1v) is 8.51. The normalized spacial score (nSPS) is 22.0. The largest absolute Gasteiger partial charge is 0.355 e. The fourth-order valence-corrected chi connectivity index (χ4v) is 2.65. The van der Waals surface area contributed by atoms with Crippen LogP contribution in [0.25, 0.3) is 0 Å². The Morgan fingerprint density at radius 3 is 2.58 bits per heavy atom. The van der Waals surface area contributed by atoms with Crippen molar-refractivity contribution in [3.05, 3.63) is 34.9 Å². The molecule has 1 aliphatic carbocycles. The van der Waals surface area contributed by atoms with E-state index in [2.05, 4.69) is 5.32 Å². The molecule has 2 rings (SSSR count). The molecule has 0 spiro atoms.